The van der Waals surface area contributed by atoms with Crippen molar-refractivity contribution in [3.05, 3.63) is 28.8 Å². The zero-order chi connectivity index (χ0) is 13.7. The molecule has 1 aromatic carbocycles. The predicted octanol–water partition coefficient (Wildman–Crippen LogP) is 1.67. The Bertz CT molecular complexity index is 463. The first-order chi connectivity index (χ1) is 8.49. The average Bonchev–Trinajstić information content (AvgIpc) is 2.38. The van der Waals surface area contributed by atoms with Crippen LogP contribution in [0, 0.1) is 0 Å². The first-order valence-corrected chi connectivity index (χ1v) is 5.73. The molecule has 0 fully saturated rings. The van der Waals surface area contributed by atoms with Gasteiger partial charge in [0, 0.05) is 5.69 Å². The van der Waals surface area contributed by atoms with Crippen LogP contribution in [0.25, 0.3) is 0 Å². The van der Waals surface area contributed by atoms with Gasteiger partial charge in [-0.1, -0.05) is 11.6 Å². The number of rotatable bonds is 4. The number of carbonyl (C=O) groups is 2. The number of halogens is 1. The highest BCUT2D eigenvalue weighted by Gasteiger charge is 2.14. The Morgan fingerprint density at radius 3 is 2.61 bits per heavy atom. The van der Waals surface area contributed by atoms with E-state index in [1.165, 1.54) is 19.2 Å². The van der Waals surface area contributed by atoms with E-state index in [2.05, 4.69) is 15.4 Å². The number of esters is 1. The Hall–Kier alpha value is -1.59. The second-order valence-electron chi connectivity index (χ2n) is 3.69. The van der Waals surface area contributed by atoms with Crippen molar-refractivity contribution < 1.29 is 14.3 Å². The Morgan fingerprint density at radius 2 is 2.06 bits per heavy atom. The molecule has 0 aliphatic rings. The first kappa shape index (κ1) is 14.5. The topological polar surface area (TPSA) is 67.4 Å². The lowest BCUT2D eigenvalue weighted by molar-refractivity contribution is -0.117. The van der Waals surface area contributed by atoms with Gasteiger partial charge < -0.3 is 15.4 Å². The van der Waals surface area contributed by atoms with Crippen LogP contribution in [0.3, 0.4) is 0 Å². The number of benzene rings is 1. The number of ether oxygens (including phenoxy) is 1. The van der Waals surface area contributed by atoms with Crippen molar-refractivity contribution in [1.29, 1.82) is 0 Å². The second-order valence-corrected chi connectivity index (χ2v) is 4.09. The summed E-state index contributed by atoms with van der Waals surface area (Å²) in [4.78, 5) is 23.1. The molecule has 0 saturated carbocycles. The van der Waals surface area contributed by atoms with E-state index in [1.807, 2.05) is 0 Å². The Kier molecular flexibility index (Phi) is 5.12. The average molecular weight is 271 g/mol. The van der Waals surface area contributed by atoms with Crippen molar-refractivity contribution in [2.75, 3.05) is 19.5 Å². The zero-order valence-corrected chi connectivity index (χ0v) is 11.2. The van der Waals surface area contributed by atoms with Crippen LogP contribution >= 0.6 is 11.6 Å². The van der Waals surface area contributed by atoms with E-state index in [4.69, 9.17) is 11.6 Å². The van der Waals surface area contributed by atoms with Crippen LogP contribution < -0.4 is 10.6 Å². The summed E-state index contributed by atoms with van der Waals surface area (Å²) in [7, 11) is 2.96. The van der Waals surface area contributed by atoms with Gasteiger partial charge in [-0.25, -0.2) is 4.79 Å². The summed E-state index contributed by atoms with van der Waals surface area (Å²) in [5.74, 6) is -0.742. The molecule has 1 unspecified atom stereocenters. The number of methoxy groups -OCH3 is 1. The standard InChI is InChI=1S/C12H15ClN2O3/c1-7(14-2)11(16)15-8-4-5-10(13)9(6-8)12(17)18-3/h4-7,14H,1-3H3,(H,15,16). The lowest BCUT2D eigenvalue weighted by Gasteiger charge is -2.12. The van der Waals surface area contributed by atoms with Gasteiger partial charge >= 0.3 is 5.97 Å². The van der Waals surface area contributed by atoms with Gasteiger partial charge in [0.1, 0.15) is 0 Å². The van der Waals surface area contributed by atoms with Gasteiger partial charge in [-0.2, -0.15) is 0 Å². The van der Waals surface area contributed by atoms with Crippen LogP contribution in [0.4, 0.5) is 5.69 Å². The number of nitrogens with one attached hydrogen (secondary N) is 2. The van der Waals surface area contributed by atoms with Gasteiger partial charge in [0.2, 0.25) is 5.91 Å². The minimum absolute atomic E-state index is 0.198. The number of likely N-dealkylation sites (N-methyl/N-ethyl adjacent to an activating group) is 1. The summed E-state index contributed by atoms with van der Waals surface area (Å²) in [6.45, 7) is 1.73. The van der Waals surface area contributed by atoms with Crippen LogP contribution in [-0.2, 0) is 9.53 Å². The fourth-order valence-electron chi connectivity index (χ4n) is 1.25. The smallest absolute Gasteiger partial charge is 0.339 e. The number of anilines is 1. The molecular weight excluding hydrogens is 256 g/mol. The van der Waals surface area contributed by atoms with Crippen LogP contribution in [-0.4, -0.2) is 32.1 Å². The highest BCUT2D eigenvalue weighted by Crippen LogP contribution is 2.21. The molecule has 1 aromatic rings. The summed E-state index contributed by atoms with van der Waals surface area (Å²) >= 11 is 5.87. The normalized spacial score (nSPS) is 11.8. The molecule has 2 N–H and O–H groups in total. The highest BCUT2D eigenvalue weighted by molar-refractivity contribution is 6.33. The van der Waals surface area contributed by atoms with Crippen LogP contribution in [0.1, 0.15) is 17.3 Å². The Labute approximate surface area is 110 Å². The molecule has 6 heteroatoms. The molecule has 0 radical (unpaired) electrons. The summed E-state index contributed by atoms with van der Waals surface area (Å²) in [6, 6.07) is 4.30. The van der Waals surface area contributed by atoms with Crippen LogP contribution in [0.15, 0.2) is 18.2 Å². The molecule has 0 aliphatic carbocycles. The molecule has 5 nitrogen and oxygen atoms in total. The van der Waals surface area contributed by atoms with Crippen molar-refractivity contribution in [2.45, 2.75) is 13.0 Å². The summed E-state index contributed by atoms with van der Waals surface area (Å²) in [6.07, 6.45) is 0. The van der Waals surface area contributed by atoms with Crippen molar-refractivity contribution in [2.24, 2.45) is 0 Å². The lowest BCUT2D eigenvalue weighted by atomic mass is 10.2. The van der Waals surface area contributed by atoms with E-state index < -0.39 is 5.97 Å². The Balaban J connectivity index is 2.92. The van der Waals surface area contributed by atoms with Crippen molar-refractivity contribution in [3.8, 4) is 0 Å². The summed E-state index contributed by atoms with van der Waals surface area (Å²) in [5, 5.41) is 5.77. The van der Waals surface area contributed by atoms with Gasteiger partial charge in [-0.15, -0.1) is 0 Å². The first-order valence-electron chi connectivity index (χ1n) is 5.35. The maximum atomic E-state index is 11.7. The number of hydrogen-bond donors (Lipinski definition) is 2. The summed E-state index contributed by atoms with van der Waals surface area (Å²) in [5.41, 5.74) is 0.709. The molecular formula is C12H15ClN2O3. The summed E-state index contributed by atoms with van der Waals surface area (Å²) < 4.78 is 4.60. The molecule has 0 aromatic heterocycles. The third-order valence-electron chi connectivity index (χ3n) is 2.47. The van der Waals surface area contributed by atoms with E-state index in [-0.39, 0.29) is 22.5 Å². The third-order valence-corrected chi connectivity index (χ3v) is 2.80. The SMILES string of the molecule is CNC(C)C(=O)Nc1ccc(Cl)c(C(=O)OC)c1. The Morgan fingerprint density at radius 1 is 1.39 bits per heavy atom. The van der Waals surface area contributed by atoms with Crippen LogP contribution in [0.2, 0.25) is 5.02 Å². The molecule has 0 heterocycles. The number of carbonyl (C=O) groups excluding carboxylic acids is 2. The van der Waals surface area contributed by atoms with E-state index in [1.54, 1.807) is 20.0 Å². The minimum atomic E-state index is -0.544. The van der Waals surface area contributed by atoms with Gasteiger partial charge in [0.25, 0.3) is 0 Å². The predicted molar refractivity (Wildman–Crippen MR) is 69.9 cm³/mol. The van der Waals surface area contributed by atoms with Crippen molar-refractivity contribution in [3.63, 3.8) is 0 Å². The third kappa shape index (κ3) is 3.45. The monoisotopic (exact) mass is 270 g/mol. The van der Waals surface area contributed by atoms with Gasteiger partial charge in [-0.05, 0) is 32.2 Å². The van der Waals surface area contributed by atoms with E-state index in [9.17, 15) is 9.59 Å². The van der Waals surface area contributed by atoms with E-state index >= 15 is 0 Å². The van der Waals surface area contributed by atoms with Gasteiger partial charge in [0.05, 0.1) is 23.7 Å². The number of hydrogen-bond acceptors (Lipinski definition) is 4. The molecule has 18 heavy (non-hydrogen) atoms. The molecule has 0 saturated heterocycles. The molecule has 0 bridgehead atoms. The van der Waals surface area contributed by atoms with Gasteiger partial charge in [-0.3, -0.25) is 4.79 Å². The van der Waals surface area contributed by atoms with Crippen LogP contribution in [0.5, 0.6) is 0 Å². The fourth-order valence-corrected chi connectivity index (χ4v) is 1.45. The van der Waals surface area contributed by atoms with Crippen molar-refractivity contribution >= 4 is 29.2 Å². The largest absolute Gasteiger partial charge is 0.465 e. The van der Waals surface area contributed by atoms with Crippen molar-refractivity contribution in [1.82, 2.24) is 5.32 Å². The highest BCUT2D eigenvalue weighted by atomic mass is 35.5. The molecule has 0 spiro atoms. The van der Waals surface area contributed by atoms with E-state index in [0.717, 1.165) is 0 Å². The maximum absolute atomic E-state index is 11.7. The van der Waals surface area contributed by atoms with E-state index in [0.29, 0.717) is 5.69 Å². The number of amides is 1. The molecule has 1 amide bonds. The minimum Gasteiger partial charge on any atom is -0.465 e. The van der Waals surface area contributed by atoms with Gasteiger partial charge in [0.15, 0.2) is 0 Å². The quantitative estimate of drug-likeness (QED) is 0.817. The second kappa shape index (κ2) is 6.37. The molecule has 1 rings (SSSR count). The molecule has 0 aliphatic heterocycles. The fraction of sp³-hybridized carbons (Fsp3) is 0.333. The maximum Gasteiger partial charge on any atom is 0.339 e. The lowest BCUT2D eigenvalue weighted by Crippen LogP contribution is -2.35. The molecule has 1 atom stereocenters. The molecule has 98 valence electrons. The zero-order valence-electron chi connectivity index (χ0n) is 10.4.